The molecule has 6 heteroatoms. The maximum Gasteiger partial charge on any atom is 0.246 e. The largest absolute Gasteiger partial charge is 0.246 e. The fourth-order valence-electron chi connectivity index (χ4n) is 2.23. The summed E-state index contributed by atoms with van der Waals surface area (Å²) >= 11 is 5.96. The zero-order valence-corrected chi connectivity index (χ0v) is 12.9. The van der Waals surface area contributed by atoms with Gasteiger partial charge in [0.25, 0.3) is 0 Å². The van der Waals surface area contributed by atoms with E-state index in [1.165, 1.54) is 16.6 Å². The van der Waals surface area contributed by atoms with E-state index in [4.69, 9.17) is 11.6 Å². The van der Waals surface area contributed by atoms with Gasteiger partial charge in [-0.05, 0) is 30.5 Å². The molecule has 0 amide bonds. The van der Waals surface area contributed by atoms with E-state index in [9.17, 15) is 8.42 Å². The molecule has 0 spiro atoms. The minimum Gasteiger partial charge on any atom is -0.243 e. The molecule has 1 aromatic heterocycles. The lowest BCUT2D eigenvalue weighted by atomic mass is 10.2. The standard InChI is InChI=1S/C15H15ClN2O2S/c16-15-14(7-4-10-17-15)21(19,20)18(13-8-9-13)11-12-5-2-1-3-6-12/h1-7,10,13H,8-9,11H2. The molecule has 1 aliphatic rings. The van der Waals surface area contributed by atoms with Crippen LogP contribution in [0.5, 0.6) is 0 Å². The lowest BCUT2D eigenvalue weighted by molar-refractivity contribution is 0.398. The van der Waals surface area contributed by atoms with Crippen LogP contribution >= 0.6 is 11.6 Å². The molecule has 1 saturated carbocycles. The maximum atomic E-state index is 12.8. The van der Waals surface area contributed by atoms with Crippen LogP contribution in [-0.4, -0.2) is 23.7 Å². The van der Waals surface area contributed by atoms with Crippen molar-refractivity contribution in [2.75, 3.05) is 0 Å². The molecule has 21 heavy (non-hydrogen) atoms. The van der Waals surface area contributed by atoms with Gasteiger partial charge in [0.15, 0.2) is 0 Å². The number of hydrogen-bond acceptors (Lipinski definition) is 3. The molecule has 1 aromatic carbocycles. The molecular formula is C15H15ClN2O2S. The van der Waals surface area contributed by atoms with Crippen molar-refractivity contribution < 1.29 is 8.42 Å². The highest BCUT2D eigenvalue weighted by atomic mass is 35.5. The quantitative estimate of drug-likeness (QED) is 0.795. The second-order valence-corrected chi connectivity index (χ2v) is 7.28. The predicted molar refractivity (Wildman–Crippen MR) is 81.4 cm³/mol. The summed E-state index contributed by atoms with van der Waals surface area (Å²) < 4.78 is 27.2. The fraction of sp³-hybridized carbons (Fsp3) is 0.267. The van der Waals surface area contributed by atoms with Crippen molar-refractivity contribution in [3.63, 3.8) is 0 Å². The van der Waals surface area contributed by atoms with Crippen molar-refractivity contribution in [1.82, 2.24) is 9.29 Å². The van der Waals surface area contributed by atoms with Crippen LogP contribution in [0.4, 0.5) is 0 Å². The van der Waals surface area contributed by atoms with E-state index >= 15 is 0 Å². The smallest absolute Gasteiger partial charge is 0.243 e. The zero-order valence-electron chi connectivity index (χ0n) is 11.3. The molecule has 1 heterocycles. The predicted octanol–water partition coefficient (Wildman–Crippen LogP) is 3.09. The Hall–Kier alpha value is -1.43. The van der Waals surface area contributed by atoms with Gasteiger partial charge in [-0.15, -0.1) is 0 Å². The Labute approximate surface area is 129 Å². The van der Waals surface area contributed by atoms with Crippen molar-refractivity contribution in [1.29, 1.82) is 0 Å². The van der Waals surface area contributed by atoms with E-state index in [1.807, 2.05) is 30.3 Å². The minimum absolute atomic E-state index is 0.0243. The number of aromatic nitrogens is 1. The van der Waals surface area contributed by atoms with Gasteiger partial charge in [0.2, 0.25) is 10.0 Å². The Balaban J connectivity index is 1.96. The lowest BCUT2D eigenvalue weighted by Gasteiger charge is -2.22. The molecule has 0 bridgehead atoms. The van der Waals surface area contributed by atoms with E-state index in [1.54, 1.807) is 6.07 Å². The van der Waals surface area contributed by atoms with Crippen molar-refractivity contribution in [2.24, 2.45) is 0 Å². The molecule has 0 radical (unpaired) electrons. The molecule has 1 aliphatic carbocycles. The van der Waals surface area contributed by atoms with E-state index in [0.717, 1.165) is 18.4 Å². The fourth-order valence-corrected chi connectivity index (χ4v) is 4.33. The van der Waals surface area contributed by atoms with E-state index < -0.39 is 10.0 Å². The zero-order chi connectivity index (χ0) is 14.9. The highest BCUT2D eigenvalue weighted by Crippen LogP contribution is 2.34. The summed E-state index contributed by atoms with van der Waals surface area (Å²) in [5.41, 5.74) is 0.966. The normalized spacial score (nSPS) is 15.3. The molecule has 1 fully saturated rings. The van der Waals surface area contributed by atoms with Gasteiger partial charge in [-0.2, -0.15) is 4.31 Å². The molecule has 110 valence electrons. The number of pyridine rings is 1. The van der Waals surface area contributed by atoms with Crippen LogP contribution in [0.25, 0.3) is 0 Å². The average molecular weight is 323 g/mol. The van der Waals surface area contributed by atoms with Gasteiger partial charge in [0, 0.05) is 18.8 Å². The Bertz CT molecular complexity index is 730. The van der Waals surface area contributed by atoms with E-state index in [2.05, 4.69) is 4.98 Å². The van der Waals surface area contributed by atoms with Gasteiger partial charge in [-0.1, -0.05) is 41.9 Å². The minimum atomic E-state index is -3.63. The molecule has 0 N–H and O–H groups in total. The molecule has 4 nitrogen and oxygen atoms in total. The molecule has 0 unspecified atom stereocenters. The second kappa shape index (κ2) is 5.75. The van der Waals surface area contributed by atoms with E-state index in [0.29, 0.717) is 6.54 Å². The first kappa shape index (κ1) is 14.5. The SMILES string of the molecule is O=S(=O)(c1cccnc1Cl)N(Cc1ccccc1)C1CC1. The molecule has 0 atom stereocenters. The second-order valence-electron chi connectivity index (χ2n) is 5.06. The van der Waals surface area contributed by atoms with Crippen molar-refractivity contribution in [3.8, 4) is 0 Å². The summed E-state index contributed by atoms with van der Waals surface area (Å²) in [5, 5.41) is 0.0243. The topological polar surface area (TPSA) is 50.3 Å². The number of halogens is 1. The third kappa shape index (κ3) is 3.10. The van der Waals surface area contributed by atoms with E-state index in [-0.39, 0.29) is 16.1 Å². The van der Waals surface area contributed by atoms with Crippen molar-refractivity contribution >= 4 is 21.6 Å². The van der Waals surface area contributed by atoms with Crippen LogP contribution in [0.3, 0.4) is 0 Å². The van der Waals surface area contributed by atoms with Crippen molar-refractivity contribution in [2.45, 2.75) is 30.3 Å². The highest BCUT2D eigenvalue weighted by molar-refractivity contribution is 7.89. The van der Waals surface area contributed by atoms with Crippen LogP contribution in [0.1, 0.15) is 18.4 Å². The van der Waals surface area contributed by atoms with Crippen LogP contribution in [0, 0.1) is 0 Å². The number of nitrogens with zero attached hydrogens (tertiary/aromatic N) is 2. The van der Waals surface area contributed by atoms with Gasteiger partial charge in [-0.25, -0.2) is 13.4 Å². The first-order valence-electron chi connectivity index (χ1n) is 6.75. The first-order valence-corrected chi connectivity index (χ1v) is 8.57. The number of hydrogen-bond donors (Lipinski definition) is 0. The third-order valence-electron chi connectivity index (χ3n) is 3.45. The Kier molecular flexibility index (Phi) is 3.97. The maximum absolute atomic E-state index is 12.8. The summed E-state index contributed by atoms with van der Waals surface area (Å²) in [6, 6.07) is 12.7. The van der Waals surface area contributed by atoms with Gasteiger partial charge < -0.3 is 0 Å². The van der Waals surface area contributed by atoms with Crippen LogP contribution < -0.4 is 0 Å². The summed E-state index contributed by atoms with van der Waals surface area (Å²) in [4.78, 5) is 3.95. The molecular weight excluding hydrogens is 308 g/mol. The molecule has 0 aliphatic heterocycles. The number of rotatable bonds is 5. The summed E-state index contributed by atoms with van der Waals surface area (Å²) in [6.45, 7) is 0.360. The first-order chi connectivity index (χ1) is 10.1. The third-order valence-corrected chi connectivity index (χ3v) is 5.79. The molecule has 0 saturated heterocycles. The van der Waals surface area contributed by atoms with Crippen LogP contribution in [-0.2, 0) is 16.6 Å². The number of benzene rings is 1. The van der Waals surface area contributed by atoms with Gasteiger partial charge in [0.1, 0.15) is 10.0 Å². The Morgan fingerprint density at radius 2 is 1.86 bits per heavy atom. The number of sulfonamides is 1. The van der Waals surface area contributed by atoms with Gasteiger partial charge >= 0.3 is 0 Å². The highest BCUT2D eigenvalue weighted by Gasteiger charge is 2.39. The lowest BCUT2D eigenvalue weighted by Crippen LogP contribution is -2.33. The van der Waals surface area contributed by atoms with Crippen molar-refractivity contribution in [3.05, 3.63) is 59.4 Å². The molecule has 2 aromatic rings. The van der Waals surface area contributed by atoms with Gasteiger partial charge in [-0.3, -0.25) is 0 Å². The summed E-state index contributed by atoms with van der Waals surface area (Å²) in [5.74, 6) is 0. The van der Waals surface area contributed by atoms with Gasteiger partial charge in [0.05, 0.1) is 0 Å². The average Bonchev–Trinajstić information content (AvgIpc) is 3.30. The summed E-state index contributed by atoms with van der Waals surface area (Å²) in [6.07, 6.45) is 3.27. The summed E-state index contributed by atoms with van der Waals surface area (Å²) in [7, 11) is -3.63. The Morgan fingerprint density at radius 3 is 2.48 bits per heavy atom. The van der Waals surface area contributed by atoms with Crippen LogP contribution in [0.15, 0.2) is 53.6 Å². The monoisotopic (exact) mass is 322 g/mol. The van der Waals surface area contributed by atoms with Crippen LogP contribution in [0.2, 0.25) is 5.15 Å². The Morgan fingerprint density at radius 1 is 1.14 bits per heavy atom. The molecule has 3 rings (SSSR count).